The summed E-state index contributed by atoms with van der Waals surface area (Å²) in [5, 5.41) is 2.64. The van der Waals surface area contributed by atoms with Gasteiger partial charge in [-0.15, -0.1) is 12.4 Å². The van der Waals surface area contributed by atoms with Gasteiger partial charge in [0.2, 0.25) is 15.9 Å². The number of amides is 1. The van der Waals surface area contributed by atoms with Crippen molar-refractivity contribution in [2.45, 2.75) is 13.0 Å². The van der Waals surface area contributed by atoms with Gasteiger partial charge in [0.1, 0.15) is 0 Å². The van der Waals surface area contributed by atoms with E-state index in [0.29, 0.717) is 0 Å². The number of hydrogen-bond acceptors (Lipinski definition) is 4. The number of nitrogens with zero attached hydrogens (tertiary/aromatic N) is 1. The summed E-state index contributed by atoms with van der Waals surface area (Å²) in [4.78, 5) is 11.7. The fourth-order valence-corrected chi connectivity index (χ4v) is 2.37. The van der Waals surface area contributed by atoms with Crippen molar-refractivity contribution in [3.8, 4) is 0 Å². The Balaban J connectivity index is 0.00000400. The summed E-state index contributed by atoms with van der Waals surface area (Å²) in [6, 6.07) is 9.08. The molecule has 0 aliphatic rings. The van der Waals surface area contributed by atoms with Gasteiger partial charge in [0.05, 0.1) is 12.3 Å². The molecule has 8 heteroatoms. The number of carbonyl (C=O) groups is 1. The lowest BCUT2D eigenvalue weighted by Crippen LogP contribution is -2.41. The van der Waals surface area contributed by atoms with E-state index < -0.39 is 10.0 Å². The van der Waals surface area contributed by atoms with E-state index in [1.54, 1.807) is 0 Å². The molecule has 21 heavy (non-hydrogen) atoms. The van der Waals surface area contributed by atoms with Gasteiger partial charge < -0.3 is 11.1 Å². The van der Waals surface area contributed by atoms with Crippen molar-refractivity contribution in [1.29, 1.82) is 0 Å². The predicted molar refractivity (Wildman–Crippen MR) is 85.7 cm³/mol. The molecule has 1 amide bonds. The minimum absolute atomic E-state index is 0. The van der Waals surface area contributed by atoms with Gasteiger partial charge in [-0.1, -0.05) is 30.3 Å². The maximum Gasteiger partial charge on any atom is 0.235 e. The van der Waals surface area contributed by atoms with Crippen LogP contribution in [0.15, 0.2) is 30.3 Å². The highest BCUT2D eigenvalue weighted by Crippen LogP contribution is 2.07. The highest BCUT2D eigenvalue weighted by Gasteiger charge is 2.18. The van der Waals surface area contributed by atoms with Crippen LogP contribution in [0, 0.1) is 0 Å². The van der Waals surface area contributed by atoms with Crippen LogP contribution >= 0.6 is 12.4 Å². The average Bonchev–Trinajstić information content (AvgIpc) is 2.45. The summed E-state index contributed by atoms with van der Waals surface area (Å²) in [6.45, 7) is 1.61. The molecule has 1 unspecified atom stereocenters. The number of nitrogens with two attached hydrogens (primary N) is 1. The van der Waals surface area contributed by atoms with E-state index in [2.05, 4.69) is 5.32 Å². The molecule has 1 aromatic carbocycles. The zero-order valence-corrected chi connectivity index (χ0v) is 13.8. The largest absolute Gasteiger partial charge is 0.353 e. The molecule has 0 aliphatic heterocycles. The van der Waals surface area contributed by atoms with E-state index in [1.165, 1.54) is 14.0 Å². The van der Waals surface area contributed by atoms with Gasteiger partial charge >= 0.3 is 0 Å². The van der Waals surface area contributed by atoms with Gasteiger partial charge in [-0.05, 0) is 12.5 Å². The number of benzene rings is 1. The lowest BCUT2D eigenvalue weighted by molar-refractivity contribution is -0.121. The number of hydrogen-bond donors (Lipinski definition) is 2. The number of likely N-dealkylation sites (N-methyl/N-ethyl adjacent to an activating group) is 1. The van der Waals surface area contributed by atoms with Gasteiger partial charge in [-0.2, -0.15) is 4.31 Å². The SMILES string of the molecule is CCS(=O)(=O)N(C)CC(=O)NCC(N)c1ccccc1.Cl. The zero-order chi connectivity index (χ0) is 15.2. The Hall–Kier alpha value is -1.15. The van der Waals surface area contributed by atoms with Crippen LogP contribution in [-0.2, 0) is 14.8 Å². The Morgan fingerprint density at radius 1 is 1.33 bits per heavy atom. The third-order valence-corrected chi connectivity index (χ3v) is 4.76. The molecule has 3 N–H and O–H groups in total. The first kappa shape index (κ1) is 19.9. The van der Waals surface area contributed by atoms with Crippen LogP contribution in [0.3, 0.4) is 0 Å². The van der Waals surface area contributed by atoms with Crippen molar-refractivity contribution in [1.82, 2.24) is 9.62 Å². The molecule has 1 rings (SSSR count). The molecule has 1 aromatic rings. The highest BCUT2D eigenvalue weighted by molar-refractivity contribution is 7.89. The number of sulfonamides is 1. The van der Waals surface area contributed by atoms with Crippen molar-refractivity contribution >= 4 is 28.3 Å². The second kappa shape index (κ2) is 8.99. The monoisotopic (exact) mass is 335 g/mol. The molecule has 0 saturated heterocycles. The summed E-state index contributed by atoms with van der Waals surface area (Å²) in [6.07, 6.45) is 0. The zero-order valence-electron chi connectivity index (χ0n) is 12.2. The minimum Gasteiger partial charge on any atom is -0.353 e. The summed E-state index contributed by atoms with van der Waals surface area (Å²) in [5.41, 5.74) is 6.86. The number of rotatable bonds is 7. The van der Waals surface area contributed by atoms with E-state index in [1.807, 2.05) is 30.3 Å². The summed E-state index contributed by atoms with van der Waals surface area (Å²) in [7, 11) is -1.96. The van der Waals surface area contributed by atoms with Gasteiger partial charge in [0, 0.05) is 19.6 Å². The topological polar surface area (TPSA) is 92.5 Å². The fourth-order valence-electron chi connectivity index (χ4n) is 1.62. The Kier molecular flexibility index (Phi) is 8.50. The maximum absolute atomic E-state index is 11.7. The molecule has 0 heterocycles. The molecule has 0 aliphatic carbocycles. The Labute approximate surface area is 132 Å². The molecular weight excluding hydrogens is 314 g/mol. The summed E-state index contributed by atoms with van der Waals surface area (Å²) in [5.74, 6) is -0.392. The lowest BCUT2D eigenvalue weighted by atomic mass is 10.1. The Bertz CT molecular complexity index is 537. The van der Waals surface area contributed by atoms with Crippen molar-refractivity contribution in [3.05, 3.63) is 35.9 Å². The molecule has 0 fully saturated rings. The van der Waals surface area contributed by atoms with Crippen LogP contribution < -0.4 is 11.1 Å². The van der Waals surface area contributed by atoms with E-state index in [4.69, 9.17) is 5.73 Å². The summed E-state index contributed by atoms with van der Waals surface area (Å²) < 4.78 is 24.1. The van der Waals surface area contributed by atoms with E-state index in [-0.39, 0.29) is 43.2 Å². The molecule has 120 valence electrons. The number of carbonyl (C=O) groups excluding carboxylic acids is 1. The van der Waals surface area contributed by atoms with Crippen LogP contribution in [0.5, 0.6) is 0 Å². The first-order chi connectivity index (χ1) is 9.36. The number of halogens is 1. The van der Waals surface area contributed by atoms with Crippen LogP contribution in [0.25, 0.3) is 0 Å². The van der Waals surface area contributed by atoms with E-state index in [0.717, 1.165) is 9.87 Å². The van der Waals surface area contributed by atoms with Gasteiger partial charge in [-0.25, -0.2) is 8.42 Å². The molecule has 0 spiro atoms. The highest BCUT2D eigenvalue weighted by atomic mass is 35.5. The third-order valence-electron chi connectivity index (χ3n) is 2.95. The smallest absolute Gasteiger partial charge is 0.235 e. The number of nitrogens with one attached hydrogen (secondary N) is 1. The first-order valence-electron chi connectivity index (χ1n) is 6.38. The molecule has 0 saturated carbocycles. The second-order valence-corrected chi connectivity index (χ2v) is 6.84. The molecule has 6 nitrogen and oxygen atoms in total. The van der Waals surface area contributed by atoms with Crippen molar-refractivity contribution in [2.75, 3.05) is 25.9 Å². The molecule has 1 atom stereocenters. The van der Waals surface area contributed by atoms with Crippen molar-refractivity contribution in [3.63, 3.8) is 0 Å². The van der Waals surface area contributed by atoms with Gasteiger partial charge in [0.25, 0.3) is 0 Å². The maximum atomic E-state index is 11.7. The Morgan fingerprint density at radius 2 is 1.90 bits per heavy atom. The van der Waals surface area contributed by atoms with E-state index >= 15 is 0 Å². The quantitative estimate of drug-likeness (QED) is 0.759. The first-order valence-corrected chi connectivity index (χ1v) is 7.99. The van der Waals surface area contributed by atoms with Gasteiger partial charge in [0.15, 0.2) is 0 Å². The standard InChI is InChI=1S/C13H21N3O3S.ClH/c1-3-20(18,19)16(2)10-13(17)15-9-12(14)11-7-5-4-6-8-11;/h4-8,12H,3,9-10,14H2,1-2H3,(H,15,17);1H. The minimum atomic E-state index is -3.34. The molecular formula is C13H22ClN3O3S. The lowest BCUT2D eigenvalue weighted by Gasteiger charge is -2.17. The van der Waals surface area contributed by atoms with Crippen LogP contribution in [0.1, 0.15) is 18.5 Å². The Morgan fingerprint density at radius 3 is 2.43 bits per heavy atom. The van der Waals surface area contributed by atoms with Crippen LogP contribution in [0.4, 0.5) is 0 Å². The van der Waals surface area contributed by atoms with Crippen LogP contribution in [-0.4, -0.2) is 44.5 Å². The van der Waals surface area contributed by atoms with E-state index in [9.17, 15) is 13.2 Å². The second-order valence-electron chi connectivity index (χ2n) is 4.48. The molecule has 0 bridgehead atoms. The predicted octanol–water partition coefficient (Wildman–Crippen LogP) is 0.506. The molecule has 0 aromatic heterocycles. The normalized spacial score (nSPS) is 12.6. The van der Waals surface area contributed by atoms with Gasteiger partial charge in [-0.3, -0.25) is 4.79 Å². The fraction of sp³-hybridized carbons (Fsp3) is 0.462. The van der Waals surface area contributed by atoms with Crippen LogP contribution in [0.2, 0.25) is 0 Å². The third kappa shape index (κ3) is 6.43. The summed E-state index contributed by atoms with van der Waals surface area (Å²) >= 11 is 0. The average molecular weight is 336 g/mol. The molecule has 0 radical (unpaired) electrons. The van der Waals surface area contributed by atoms with Crippen molar-refractivity contribution in [2.24, 2.45) is 5.73 Å². The van der Waals surface area contributed by atoms with Crippen molar-refractivity contribution < 1.29 is 13.2 Å².